The van der Waals surface area contributed by atoms with Crippen molar-refractivity contribution >= 4 is 27.0 Å². The van der Waals surface area contributed by atoms with Gasteiger partial charge in [0.2, 0.25) is 10.0 Å². The average Bonchev–Trinajstić information content (AvgIpc) is 2.93. The van der Waals surface area contributed by atoms with Crippen LogP contribution in [0.1, 0.15) is 16.8 Å². The molecule has 0 saturated heterocycles. The largest absolute Gasteiger partial charge is 0.379 e. The number of anilines is 1. The minimum absolute atomic E-state index is 0.257. The zero-order valence-electron chi connectivity index (χ0n) is 11.4. The third-order valence-corrected chi connectivity index (χ3v) is 5.40. The van der Waals surface area contributed by atoms with Crippen molar-refractivity contribution in [2.24, 2.45) is 0 Å². The second-order valence-corrected chi connectivity index (χ2v) is 7.25. The monoisotopic (exact) mass is 311 g/mol. The Morgan fingerprint density at radius 3 is 2.50 bits per heavy atom. The van der Waals surface area contributed by atoms with Crippen LogP contribution in [0.3, 0.4) is 0 Å². The smallest absolute Gasteiger partial charge is 0.240 e. The van der Waals surface area contributed by atoms with Gasteiger partial charge < -0.3 is 5.32 Å². The van der Waals surface area contributed by atoms with E-state index in [-0.39, 0.29) is 4.90 Å². The summed E-state index contributed by atoms with van der Waals surface area (Å²) >= 11 is 1.68. The molecule has 5 nitrogen and oxygen atoms in total. The number of benzene rings is 1. The Labute approximate surface area is 123 Å². The van der Waals surface area contributed by atoms with E-state index in [2.05, 4.69) is 21.9 Å². The molecule has 1 heterocycles. The Kier molecular flexibility index (Phi) is 4.74. The third-order valence-electron chi connectivity index (χ3n) is 2.83. The minimum atomic E-state index is -3.37. The predicted octanol–water partition coefficient (Wildman–Crippen LogP) is 2.23. The van der Waals surface area contributed by atoms with Crippen LogP contribution in [0.15, 0.2) is 35.4 Å². The lowest BCUT2D eigenvalue weighted by Gasteiger charge is -2.06. The molecule has 108 valence electrons. The van der Waals surface area contributed by atoms with Crippen LogP contribution in [0.5, 0.6) is 0 Å². The molecular formula is C13H17N3O2S2. The van der Waals surface area contributed by atoms with E-state index in [1.165, 1.54) is 11.9 Å². The molecule has 20 heavy (non-hydrogen) atoms. The molecule has 2 N–H and O–H groups in total. The zero-order chi connectivity index (χ0) is 14.6. The molecule has 1 aromatic heterocycles. The zero-order valence-corrected chi connectivity index (χ0v) is 13.0. The molecule has 7 heteroatoms. The second kappa shape index (κ2) is 6.34. The number of aryl methyl sites for hydroxylation is 1. The SMILES string of the molecule is CCc1cnc(CNc2ccc(S(=O)(=O)NC)cc2)s1. The molecule has 0 aliphatic rings. The minimum Gasteiger partial charge on any atom is -0.379 e. The van der Waals surface area contributed by atoms with E-state index in [1.807, 2.05) is 6.20 Å². The van der Waals surface area contributed by atoms with Crippen molar-refractivity contribution in [2.75, 3.05) is 12.4 Å². The Morgan fingerprint density at radius 1 is 1.25 bits per heavy atom. The molecule has 0 bridgehead atoms. The quantitative estimate of drug-likeness (QED) is 0.858. The number of hydrogen-bond donors (Lipinski definition) is 2. The molecule has 0 spiro atoms. The maximum atomic E-state index is 11.6. The Morgan fingerprint density at radius 2 is 1.95 bits per heavy atom. The number of hydrogen-bond acceptors (Lipinski definition) is 5. The van der Waals surface area contributed by atoms with E-state index in [0.29, 0.717) is 6.54 Å². The van der Waals surface area contributed by atoms with E-state index in [1.54, 1.807) is 35.6 Å². The van der Waals surface area contributed by atoms with Crippen molar-refractivity contribution in [3.8, 4) is 0 Å². The number of rotatable bonds is 6. The number of sulfonamides is 1. The van der Waals surface area contributed by atoms with Gasteiger partial charge in [0.1, 0.15) is 5.01 Å². The molecule has 2 aromatic rings. The summed E-state index contributed by atoms with van der Waals surface area (Å²) in [7, 11) is -1.97. The highest BCUT2D eigenvalue weighted by Gasteiger charge is 2.10. The Balaban J connectivity index is 2.00. The lowest BCUT2D eigenvalue weighted by Crippen LogP contribution is -2.18. The summed E-state index contributed by atoms with van der Waals surface area (Å²) < 4.78 is 25.5. The van der Waals surface area contributed by atoms with Gasteiger partial charge in [-0.15, -0.1) is 11.3 Å². The molecule has 1 aromatic carbocycles. The van der Waals surface area contributed by atoms with Crippen LogP contribution < -0.4 is 10.0 Å². The molecular weight excluding hydrogens is 294 g/mol. The van der Waals surface area contributed by atoms with Crippen molar-refractivity contribution < 1.29 is 8.42 Å². The van der Waals surface area contributed by atoms with Gasteiger partial charge in [0.25, 0.3) is 0 Å². The fourth-order valence-corrected chi connectivity index (χ4v) is 3.17. The first-order valence-corrected chi connectivity index (χ1v) is 8.56. The van der Waals surface area contributed by atoms with Gasteiger partial charge in [0.05, 0.1) is 11.4 Å². The molecule has 0 fully saturated rings. The predicted molar refractivity (Wildman–Crippen MR) is 81.5 cm³/mol. The highest BCUT2D eigenvalue weighted by Crippen LogP contribution is 2.17. The van der Waals surface area contributed by atoms with Crippen LogP contribution in [0.25, 0.3) is 0 Å². The Hall–Kier alpha value is -1.44. The standard InChI is InChI=1S/C13H17N3O2S2/c1-3-11-8-16-13(19-11)9-15-10-4-6-12(7-5-10)20(17,18)14-2/h4-8,14-15H,3,9H2,1-2H3. The van der Waals surface area contributed by atoms with Gasteiger partial charge in [-0.2, -0.15) is 0 Å². The summed E-state index contributed by atoms with van der Waals surface area (Å²) in [5.74, 6) is 0. The highest BCUT2D eigenvalue weighted by molar-refractivity contribution is 7.89. The molecule has 0 atom stereocenters. The van der Waals surface area contributed by atoms with Crippen LogP contribution in [0, 0.1) is 0 Å². The first kappa shape index (κ1) is 15.0. The summed E-state index contributed by atoms with van der Waals surface area (Å²) in [6.45, 7) is 2.74. The van der Waals surface area contributed by atoms with E-state index < -0.39 is 10.0 Å². The van der Waals surface area contributed by atoms with Crippen molar-refractivity contribution in [2.45, 2.75) is 24.8 Å². The van der Waals surface area contributed by atoms with E-state index in [0.717, 1.165) is 17.1 Å². The summed E-state index contributed by atoms with van der Waals surface area (Å²) in [6, 6.07) is 6.65. The highest BCUT2D eigenvalue weighted by atomic mass is 32.2. The number of aromatic nitrogens is 1. The summed E-state index contributed by atoms with van der Waals surface area (Å²) in [5, 5.41) is 4.25. The van der Waals surface area contributed by atoms with Gasteiger partial charge in [0, 0.05) is 16.8 Å². The molecule has 2 rings (SSSR count). The van der Waals surface area contributed by atoms with Gasteiger partial charge in [-0.1, -0.05) is 6.92 Å². The van der Waals surface area contributed by atoms with E-state index in [9.17, 15) is 8.42 Å². The van der Waals surface area contributed by atoms with E-state index >= 15 is 0 Å². The van der Waals surface area contributed by atoms with Gasteiger partial charge in [-0.05, 0) is 37.7 Å². The molecule has 0 amide bonds. The maximum Gasteiger partial charge on any atom is 0.240 e. The molecule has 0 aliphatic carbocycles. The van der Waals surface area contributed by atoms with Crippen LogP contribution in [0.2, 0.25) is 0 Å². The first-order valence-electron chi connectivity index (χ1n) is 6.26. The van der Waals surface area contributed by atoms with E-state index in [4.69, 9.17) is 0 Å². The Bertz CT molecular complexity index is 663. The number of nitrogens with zero attached hydrogens (tertiary/aromatic N) is 1. The van der Waals surface area contributed by atoms with Gasteiger partial charge in [-0.3, -0.25) is 0 Å². The third kappa shape index (κ3) is 3.56. The lowest BCUT2D eigenvalue weighted by atomic mass is 10.3. The van der Waals surface area contributed by atoms with Crippen molar-refractivity contribution in [3.05, 3.63) is 40.3 Å². The van der Waals surface area contributed by atoms with Crippen molar-refractivity contribution in [1.82, 2.24) is 9.71 Å². The van der Waals surface area contributed by atoms with Gasteiger partial charge >= 0.3 is 0 Å². The fourth-order valence-electron chi connectivity index (χ4n) is 1.64. The van der Waals surface area contributed by atoms with Crippen LogP contribution in [0.4, 0.5) is 5.69 Å². The topological polar surface area (TPSA) is 71.1 Å². The van der Waals surface area contributed by atoms with Gasteiger partial charge in [0.15, 0.2) is 0 Å². The first-order chi connectivity index (χ1) is 9.55. The van der Waals surface area contributed by atoms with Crippen LogP contribution in [-0.2, 0) is 23.0 Å². The fraction of sp³-hybridized carbons (Fsp3) is 0.308. The van der Waals surface area contributed by atoms with Crippen LogP contribution >= 0.6 is 11.3 Å². The van der Waals surface area contributed by atoms with Crippen LogP contribution in [-0.4, -0.2) is 20.4 Å². The molecule has 0 radical (unpaired) electrons. The molecule has 0 aliphatic heterocycles. The van der Waals surface area contributed by atoms with Crippen molar-refractivity contribution in [1.29, 1.82) is 0 Å². The van der Waals surface area contributed by atoms with Gasteiger partial charge in [-0.25, -0.2) is 18.1 Å². The lowest BCUT2D eigenvalue weighted by molar-refractivity contribution is 0.588. The number of nitrogens with one attached hydrogen (secondary N) is 2. The number of thiazole rings is 1. The second-order valence-electron chi connectivity index (χ2n) is 4.16. The molecule has 0 unspecified atom stereocenters. The summed E-state index contributed by atoms with van der Waals surface area (Å²) in [6.07, 6.45) is 2.89. The molecule has 0 saturated carbocycles. The maximum absolute atomic E-state index is 11.6. The normalized spacial score (nSPS) is 11.5. The average molecular weight is 311 g/mol. The van der Waals surface area contributed by atoms with Crippen molar-refractivity contribution in [3.63, 3.8) is 0 Å². The summed E-state index contributed by atoms with van der Waals surface area (Å²) in [5.41, 5.74) is 0.869. The summed E-state index contributed by atoms with van der Waals surface area (Å²) in [4.78, 5) is 5.84.